The number of hydrogen-bond acceptors (Lipinski definition) is 5. The molecule has 0 aromatic carbocycles. The van der Waals surface area contributed by atoms with E-state index in [-0.39, 0.29) is 5.34 Å². The number of hydroxylamine groups is 2. The van der Waals surface area contributed by atoms with E-state index in [1.165, 1.54) is 11.3 Å². The van der Waals surface area contributed by atoms with Crippen molar-refractivity contribution >= 4 is 0 Å². The standard InChI is InChI=1S/C5H12N4O2/c1-4-5-8(6)9(10)11-7(2)3/h4-6H,1-3H3/q-2/b5-4-. The van der Waals surface area contributed by atoms with Crippen LogP contribution in [0.1, 0.15) is 6.92 Å². The van der Waals surface area contributed by atoms with E-state index < -0.39 is 0 Å². The summed E-state index contributed by atoms with van der Waals surface area (Å²) >= 11 is 0. The molecule has 0 aliphatic carbocycles. The lowest BCUT2D eigenvalue weighted by molar-refractivity contribution is -0.338. The van der Waals surface area contributed by atoms with Crippen molar-refractivity contribution in [1.82, 2.24) is 15.5 Å². The lowest BCUT2D eigenvalue weighted by Crippen LogP contribution is -2.33. The van der Waals surface area contributed by atoms with Crippen molar-refractivity contribution in [2.45, 2.75) is 6.92 Å². The third-order valence-corrected chi connectivity index (χ3v) is 0.699. The average Bonchev–Trinajstić information content (AvgIpc) is 1.86. The molecular formula is C5H12N4O2-2. The summed E-state index contributed by atoms with van der Waals surface area (Å²) in [5.74, 6) is 6.98. The van der Waals surface area contributed by atoms with Crippen LogP contribution in [-0.2, 0) is 4.94 Å². The fourth-order valence-corrected chi connectivity index (χ4v) is 0.375. The van der Waals surface area contributed by atoms with Gasteiger partial charge in [0.15, 0.2) is 0 Å². The van der Waals surface area contributed by atoms with Crippen molar-refractivity contribution < 1.29 is 4.94 Å². The molecule has 0 aromatic rings. The van der Waals surface area contributed by atoms with Gasteiger partial charge in [0.2, 0.25) is 0 Å². The van der Waals surface area contributed by atoms with Crippen molar-refractivity contribution in [2.24, 2.45) is 0 Å². The Morgan fingerprint density at radius 1 is 1.45 bits per heavy atom. The highest BCUT2D eigenvalue weighted by atomic mass is 17.0. The van der Waals surface area contributed by atoms with Crippen LogP contribution in [0.2, 0.25) is 0 Å². The number of nitrogens with zero attached hydrogens (tertiary/aromatic N) is 3. The zero-order valence-corrected chi connectivity index (χ0v) is 6.81. The lowest BCUT2D eigenvalue weighted by atomic mass is 10.7. The average molecular weight is 160 g/mol. The van der Waals surface area contributed by atoms with Crippen molar-refractivity contribution in [3.05, 3.63) is 23.3 Å². The summed E-state index contributed by atoms with van der Waals surface area (Å²) in [6, 6.07) is 0. The fourth-order valence-electron chi connectivity index (χ4n) is 0.375. The van der Waals surface area contributed by atoms with Crippen LogP contribution < -0.4 is 0 Å². The lowest BCUT2D eigenvalue weighted by Gasteiger charge is -2.41. The summed E-state index contributed by atoms with van der Waals surface area (Å²) < 4.78 is 0. The first-order chi connectivity index (χ1) is 5.07. The zero-order chi connectivity index (χ0) is 8.85. The Bertz CT molecular complexity index is 128. The molecule has 6 nitrogen and oxygen atoms in total. The van der Waals surface area contributed by atoms with E-state index in [9.17, 15) is 5.21 Å². The number of hydrazine groups is 1. The molecule has 11 heavy (non-hydrogen) atoms. The molecule has 0 bridgehead atoms. The Morgan fingerprint density at radius 2 is 2.00 bits per heavy atom. The van der Waals surface area contributed by atoms with E-state index in [1.54, 1.807) is 27.1 Å². The first-order valence-electron chi connectivity index (χ1n) is 3.03. The van der Waals surface area contributed by atoms with E-state index >= 15 is 0 Å². The third-order valence-electron chi connectivity index (χ3n) is 0.699. The van der Waals surface area contributed by atoms with Gasteiger partial charge >= 0.3 is 0 Å². The highest BCUT2D eigenvalue weighted by molar-refractivity contribution is 4.75. The van der Waals surface area contributed by atoms with Crippen LogP contribution in [0.25, 0.3) is 5.84 Å². The molecule has 0 aliphatic rings. The first kappa shape index (κ1) is 10.3. The highest BCUT2D eigenvalue weighted by Gasteiger charge is 1.91. The topological polar surface area (TPSA) is 65.8 Å². The predicted molar refractivity (Wildman–Crippen MR) is 41.0 cm³/mol. The number of allylic oxidation sites excluding steroid dienone is 1. The van der Waals surface area contributed by atoms with Gasteiger partial charge in [-0.3, -0.25) is 0 Å². The van der Waals surface area contributed by atoms with E-state index in [1.807, 2.05) is 0 Å². The molecule has 0 spiro atoms. The van der Waals surface area contributed by atoms with Crippen molar-refractivity contribution in [1.29, 1.82) is 0 Å². The second-order valence-electron chi connectivity index (χ2n) is 1.96. The van der Waals surface area contributed by atoms with E-state index in [0.717, 1.165) is 0 Å². The first-order valence-corrected chi connectivity index (χ1v) is 3.03. The molecule has 66 valence electrons. The summed E-state index contributed by atoms with van der Waals surface area (Å²) in [6.07, 6.45) is 2.81. The molecule has 0 aliphatic heterocycles. The van der Waals surface area contributed by atoms with Crippen molar-refractivity contribution in [2.75, 3.05) is 14.1 Å². The summed E-state index contributed by atoms with van der Waals surface area (Å²) in [4.78, 5) is 4.46. The minimum atomic E-state index is 0.0417. The normalized spacial score (nSPS) is 11.9. The van der Waals surface area contributed by atoms with Crippen molar-refractivity contribution in [3.63, 3.8) is 0 Å². The molecule has 0 radical (unpaired) electrons. The van der Waals surface area contributed by atoms with Crippen LogP contribution in [0.4, 0.5) is 0 Å². The largest absolute Gasteiger partial charge is 0.743 e. The highest BCUT2D eigenvalue weighted by Crippen LogP contribution is 1.98. The van der Waals surface area contributed by atoms with Gasteiger partial charge in [0.25, 0.3) is 0 Å². The Morgan fingerprint density at radius 3 is 2.36 bits per heavy atom. The van der Waals surface area contributed by atoms with Crippen LogP contribution in [0.15, 0.2) is 12.3 Å². The maximum absolute atomic E-state index is 10.7. The second kappa shape index (κ2) is 5.05. The molecule has 0 fully saturated rings. The molecule has 0 saturated carbocycles. The van der Waals surface area contributed by atoms with Gasteiger partial charge in [-0.05, 0) is 13.1 Å². The van der Waals surface area contributed by atoms with Gasteiger partial charge in [0.1, 0.15) is 0 Å². The van der Waals surface area contributed by atoms with Gasteiger partial charge in [-0.25, -0.2) is 4.94 Å². The summed E-state index contributed by atoms with van der Waals surface area (Å²) in [6.45, 7) is 1.70. The third kappa shape index (κ3) is 4.71. The smallest absolute Gasteiger partial charge is 0.0143 e. The molecule has 0 aromatic heterocycles. The van der Waals surface area contributed by atoms with Crippen LogP contribution in [0.3, 0.4) is 0 Å². The molecule has 6 heteroatoms. The maximum Gasteiger partial charge on any atom is 0.0143 e. The quantitative estimate of drug-likeness (QED) is 0.572. The van der Waals surface area contributed by atoms with E-state index in [4.69, 9.17) is 5.84 Å². The molecule has 0 unspecified atom stereocenters. The molecule has 1 N–H and O–H groups in total. The fraction of sp³-hybridized carbons (Fsp3) is 0.600. The summed E-state index contributed by atoms with van der Waals surface area (Å²) in [7, 11) is 3.10. The zero-order valence-electron chi connectivity index (χ0n) is 6.81. The van der Waals surface area contributed by atoms with E-state index in [2.05, 4.69) is 4.94 Å². The number of nitrogens with one attached hydrogen (secondary N) is 1. The molecule has 0 atom stereocenters. The van der Waals surface area contributed by atoms with Gasteiger partial charge in [-0.15, -0.1) is 0 Å². The van der Waals surface area contributed by atoms with Crippen molar-refractivity contribution in [3.8, 4) is 0 Å². The minimum absolute atomic E-state index is 0.0417. The van der Waals surface area contributed by atoms with Crippen LogP contribution >= 0.6 is 0 Å². The molecule has 0 saturated heterocycles. The molecule has 0 heterocycles. The Kier molecular flexibility index (Phi) is 4.75. The summed E-state index contributed by atoms with van der Waals surface area (Å²) in [5, 5.41) is 12.4. The van der Waals surface area contributed by atoms with Crippen LogP contribution in [0, 0.1) is 5.21 Å². The van der Waals surface area contributed by atoms with Crippen LogP contribution in [-0.4, -0.2) is 29.6 Å². The van der Waals surface area contributed by atoms with Crippen LogP contribution in [0.5, 0.6) is 0 Å². The Labute approximate surface area is 65.8 Å². The summed E-state index contributed by atoms with van der Waals surface area (Å²) in [5.41, 5.74) is 0. The van der Waals surface area contributed by atoms with E-state index in [0.29, 0.717) is 5.12 Å². The van der Waals surface area contributed by atoms with Gasteiger partial charge in [0, 0.05) is 14.1 Å². The molecule has 0 rings (SSSR count). The second-order valence-corrected chi connectivity index (χ2v) is 1.96. The number of hydrogen-bond donors (Lipinski definition) is 0. The molecular weight excluding hydrogens is 148 g/mol. The van der Waals surface area contributed by atoms with Gasteiger partial charge in [0.05, 0.1) is 0 Å². The Hall–Kier alpha value is -0.660. The number of rotatable bonds is 4. The monoisotopic (exact) mass is 160 g/mol. The predicted octanol–water partition coefficient (Wildman–Crippen LogP) is 0.912. The van der Waals surface area contributed by atoms with Gasteiger partial charge in [-0.1, -0.05) is 6.08 Å². The minimum Gasteiger partial charge on any atom is -0.743 e. The van der Waals surface area contributed by atoms with Gasteiger partial charge < -0.3 is 16.2 Å². The van der Waals surface area contributed by atoms with Gasteiger partial charge in [-0.2, -0.15) is 10.4 Å². The maximum atomic E-state index is 10.7. The Balaban J connectivity index is 3.72. The molecule has 0 amide bonds. The SMILES string of the molecule is C/C=C\N([NH-])N([O-])ON(C)C.